The number of aromatic carboxylic acids is 1. The fourth-order valence-corrected chi connectivity index (χ4v) is 4.90. The molecule has 37 heavy (non-hydrogen) atoms. The second-order valence-corrected chi connectivity index (χ2v) is 10.6. The highest BCUT2D eigenvalue weighted by Crippen LogP contribution is 2.47. The first-order chi connectivity index (χ1) is 17.2. The van der Waals surface area contributed by atoms with Crippen LogP contribution >= 0.6 is 0 Å². The third-order valence-electron chi connectivity index (χ3n) is 6.56. The van der Waals surface area contributed by atoms with Gasteiger partial charge in [-0.15, -0.1) is 0 Å². The number of aromatic nitrogens is 1. The summed E-state index contributed by atoms with van der Waals surface area (Å²) >= 11 is 0. The Morgan fingerprint density at radius 2 is 1.92 bits per heavy atom. The van der Waals surface area contributed by atoms with Gasteiger partial charge in [-0.2, -0.15) is 13.2 Å². The highest BCUT2D eigenvalue weighted by molar-refractivity contribution is 5.95. The number of fused-ring (bicyclic) bond motifs is 1. The number of carboxylic acids is 1. The summed E-state index contributed by atoms with van der Waals surface area (Å²) in [6.45, 7) is 5.84. The lowest BCUT2D eigenvalue weighted by Crippen LogP contribution is -2.34. The molecular weight excluding hydrogens is 498 g/mol. The lowest BCUT2D eigenvalue weighted by Gasteiger charge is -2.28. The van der Waals surface area contributed by atoms with Crippen LogP contribution < -0.4 is 10.3 Å². The summed E-state index contributed by atoms with van der Waals surface area (Å²) in [6.07, 6.45) is -1.55. The van der Waals surface area contributed by atoms with E-state index in [-0.39, 0.29) is 25.6 Å². The molecule has 1 aliphatic heterocycles. The van der Waals surface area contributed by atoms with E-state index in [1.165, 1.54) is 9.47 Å². The second-order valence-electron chi connectivity index (χ2n) is 10.6. The number of hydrogen-bond acceptors (Lipinski definition) is 5. The van der Waals surface area contributed by atoms with E-state index in [9.17, 15) is 32.7 Å². The number of halogens is 4. The number of alkyl halides is 3. The maximum absolute atomic E-state index is 15.4. The molecule has 1 unspecified atom stereocenters. The van der Waals surface area contributed by atoms with Crippen molar-refractivity contribution in [3.63, 3.8) is 0 Å². The van der Waals surface area contributed by atoms with E-state index in [1.807, 2.05) is 0 Å². The largest absolute Gasteiger partial charge is 0.477 e. The predicted octanol–water partition coefficient (Wildman–Crippen LogP) is 4.60. The molecule has 1 amide bonds. The van der Waals surface area contributed by atoms with Crippen LogP contribution in [-0.4, -0.2) is 52.4 Å². The Kier molecular flexibility index (Phi) is 7.00. The van der Waals surface area contributed by atoms with E-state index in [4.69, 9.17) is 4.84 Å². The fraction of sp³-hybridized carbons (Fsp3) is 0.560. The molecule has 1 saturated heterocycles. The van der Waals surface area contributed by atoms with Gasteiger partial charge in [-0.1, -0.05) is 0 Å². The molecule has 0 spiro atoms. The molecule has 1 atom stereocenters. The number of benzene rings is 1. The number of carbonyl (C=O) groups is 2. The van der Waals surface area contributed by atoms with Gasteiger partial charge < -0.3 is 14.6 Å². The van der Waals surface area contributed by atoms with Crippen LogP contribution in [-0.2, 0) is 15.8 Å². The number of hydrogen-bond donors (Lipinski definition) is 1. The second kappa shape index (κ2) is 9.62. The van der Waals surface area contributed by atoms with Gasteiger partial charge in [0, 0.05) is 31.9 Å². The molecule has 2 aliphatic rings. The molecule has 0 bridgehead atoms. The number of pyridine rings is 1. The summed E-state index contributed by atoms with van der Waals surface area (Å²) in [5.74, 6) is -2.93. The Morgan fingerprint density at radius 1 is 1.24 bits per heavy atom. The summed E-state index contributed by atoms with van der Waals surface area (Å²) in [5.41, 5.74) is -4.85. The zero-order valence-electron chi connectivity index (χ0n) is 20.8. The van der Waals surface area contributed by atoms with E-state index in [0.717, 1.165) is 17.3 Å². The Morgan fingerprint density at radius 3 is 2.46 bits per heavy atom. The summed E-state index contributed by atoms with van der Waals surface area (Å²) in [5, 5.41) is 9.95. The highest BCUT2D eigenvalue weighted by atomic mass is 19.4. The highest BCUT2D eigenvalue weighted by Gasteiger charge is 2.43. The van der Waals surface area contributed by atoms with Gasteiger partial charge >= 0.3 is 12.1 Å². The molecule has 1 N–H and O–H groups in total. The van der Waals surface area contributed by atoms with Crippen LogP contribution in [0.3, 0.4) is 0 Å². The van der Waals surface area contributed by atoms with Gasteiger partial charge in [-0.25, -0.2) is 14.2 Å². The van der Waals surface area contributed by atoms with Gasteiger partial charge in [0.05, 0.1) is 22.2 Å². The minimum absolute atomic E-state index is 0.120. The molecule has 2 heterocycles. The first kappa shape index (κ1) is 26.9. The topological polar surface area (TPSA) is 92.1 Å². The van der Waals surface area contributed by atoms with Crippen LogP contribution in [0.15, 0.2) is 17.1 Å². The van der Waals surface area contributed by atoms with Crippen molar-refractivity contribution < 1.29 is 37.1 Å². The molecule has 1 aliphatic carbocycles. The number of carboxylic acid groups (broad SMARTS) is 1. The van der Waals surface area contributed by atoms with Crippen LogP contribution in [0.4, 0.5) is 23.2 Å². The average Bonchev–Trinajstić information content (AvgIpc) is 3.52. The van der Waals surface area contributed by atoms with E-state index >= 15 is 4.39 Å². The Bertz CT molecular complexity index is 1280. The summed E-state index contributed by atoms with van der Waals surface area (Å²) in [6, 6.07) is 0.329. The lowest BCUT2D eigenvalue weighted by atomic mass is 10.0. The Hall–Kier alpha value is -3.15. The zero-order valence-corrected chi connectivity index (χ0v) is 20.8. The first-order valence-electron chi connectivity index (χ1n) is 12.1. The number of nitrogens with zero attached hydrogens (tertiary/aromatic N) is 3. The third-order valence-corrected chi connectivity index (χ3v) is 6.56. The Balaban J connectivity index is 1.73. The minimum Gasteiger partial charge on any atom is -0.477 e. The van der Waals surface area contributed by atoms with E-state index in [0.29, 0.717) is 32.1 Å². The van der Waals surface area contributed by atoms with Gasteiger partial charge in [0.15, 0.2) is 0 Å². The lowest BCUT2D eigenvalue weighted by molar-refractivity contribution is -0.216. The van der Waals surface area contributed by atoms with Crippen molar-refractivity contribution in [2.24, 2.45) is 5.92 Å². The van der Waals surface area contributed by atoms with Crippen molar-refractivity contribution in [2.45, 2.75) is 64.3 Å². The SMILES string of the molecule is CC(C)(C)ON(C=O)CCC1CCN(c2c(F)cc3c(=O)c(C(=O)O)cn(C4CC4)c3c2C(F)(F)F)C1. The molecule has 2 fully saturated rings. The van der Waals surface area contributed by atoms with Crippen molar-refractivity contribution in [2.75, 3.05) is 24.5 Å². The average molecular weight is 528 g/mol. The molecule has 4 rings (SSSR count). The molecule has 1 aromatic carbocycles. The van der Waals surface area contributed by atoms with Gasteiger partial charge in [0.1, 0.15) is 16.9 Å². The number of anilines is 1. The number of carbonyl (C=O) groups excluding carboxylic acids is 1. The number of rotatable bonds is 8. The smallest absolute Gasteiger partial charge is 0.420 e. The predicted molar refractivity (Wildman–Crippen MR) is 127 cm³/mol. The van der Waals surface area contributed by atoms with Crippen molar-refractivity contribution in [1.29, 1.82) is 0 Å². The first-order valence-corrected chi connectivity index (χ1v) is 12.1. The maximum atomic E-state index is 15.4. The molecule has 12 heteroatoms. The van der Waals surface area contributed by atoms with Gasteiger partial charge in [0.2, 0.25) is 11.8 Å². The monoisotopic (exact) mass is 527 g/mol. The number of hydroxylamine groups is 2. The van der Waals surface area contributed by atoms with E-state index < -0.39 is 62.8 Å². The molecule has 202 valence electrons. The van der Waals surface area contributed by atoms with Crippen molar-refractivity contribution in [3.05, 3.63) is 39.4 Å². The third kappa shape index (κ3) is 5.58. The number of amides is 1. The normalized spacial score (nSPS) is 18.5. The van der Waals surface area contributed by atoms with Crippen molar-refractivity contribution >= 4 is 29.0 Å². The molecule has 8 nitrogen and oxygen atoms in total. The quantitative estimate of drug-likeness (QED) is 0.307. The van der Waals surface area contributed by atoms with E-state index in [1.54, 1.807) is 20.8 Å². The van der Waals surface area contributed by atoms with Gasteiger partial charge in [-0.05, 0) is 58.4 Å². The van der Waals surface area contributed by atoms with Gasteiger partial charge in [-0.3, -0.25) is 14.4 Å². The molecule has 1 saturated carbocycles. The molecule has 2 aromatic rings. The van der Waals surface area contributed by atoms with Crippen LogP contribution in [0.1, 0.15) is 68.4 Å². The fourth-order valence-electron chi connectivity index (χ4n) is 4.90. The van der Waals surface area contributed by atoms with Crippen molar-refractivity contribution in [1.82, 2.24) is 9.63 Å². The minimum atomic E-state index is -5.00. The van der Waals surface area contributed by atoms with Crippen LogP contribution in [0, 0.1) is 11.7 Å². The van der Waals surface area contributed by atoms with Crippen LogP contribution in [0.5, 0.6) is 0 Å². The maximum Gasteiger partial charge on any atom is 0.420 e. The summed E-state index contributed by atoms with van der Waals surface area (Å²) < 4.78 is 60.2. The zero-order chi connectivity index (χ0) is 27.3. The summed E-state index contributed by atoms with van der Waals surface area (Å²) in [4.78, 5) is 42.5. The van der Waals surface area contributed by atoms with Crippen LogP contribution in [0.2, 0.25) is 0 Å². The Labute approximate surface area is 210 Å². The van der Waals surface area contributed by atoms with Crippen molar-refractivity contribution in [3.8, 4) is 0 Å². The standard InChI is InChI=1S/C25H29F4N3O5/c1-24(2,3)37-31(13-33)9-7-14-6-8-30(11-14)21-18(26)10-16-20(19(21)25(27,28)29)32(15-4-5-15)12-17(22(16)34)23(35)36/h10,12-15H,4-9,11H2,1-3H3,(H,35,36). The van der Waals surface area contributed by atoms with Gasteiger partial charge in [0.25, 0.3) is 0 Å². The molecular formula is C25H29F4N3O5. The molecule has 1 aromatic heterocycles. The summed E-state index contributed by atoms with van der Waals surface area (Å²) in [7, 11) is 0. The molecule has 0 radical (unpaired) electrons. The van der Waals surface area contributed by atoms with Crippen LogP contribution in [0.25, 0.3) is 10.9 Å². The van der Waals surface area contributed by atoms with E-state index in [2.05, 4.69) is 0 Å².